The molecule has 0 aliphatic heterocycles. The first kappa shape index (κ1) is 11.0. The number of carboxylic acids is 1. The topological polar surface area (TPSA) is 54.4 Å². The van der Waals surface area contributed by atoms with Gasteiger partial charge in [0.2, 0.25) is 0 Å². The molecule has 0 heterocycles. The maximum Gasteiger partial charge on any atom is 0.315 e. The van der Waals surface area contributed by atoms with Gasteiger partial charge in [-0.2, -0.15) is 0 Å². The summed E-state index contributed by atoms with van der Waals surface area (Å²) in [5.41, 5.74) is 2.03. The van der Waals surface area contributed by atoms with E-state index in [0.717, 1.165) is 11.8 Å². The SMILES string of the molecule is Cc1ccc(C#CCC(=O)O)c(C=O)c1. The van der Waals surface area contributed by atoms with Gasteiger partial charge in [-0.25, -0.2) is 0 Å². The Morgan fingerprint density at radius 1 is 1.53 bits per heavy atom. The Morgan fingerprint density at radius 3 is 2.87 bits per heavy atom. The Bertz CT molecular complexity index is 450. The summed E-state index contributed by atoms with van der Waals surface area (Å²) in [6.07, 6.45) is 0.504. The number of benzene rings is 1. The summed E-state index contributed by atoms with van der Waals surface area (Å²) in [7, 11) is 0. The predicted molar refractivity (Wildman–Crippen MR) is 55.7 cm³/mol. The molecule has 3 nitrogen and oxygen atoms in total. The van der Waals surface area contributed by atoms with E-state index in [0.29, 0.717) is 11.1 Å². The van der Waals surface area contributed by atoms with Crippen LogP contribution < -0.4 is 0 Å². The van der Waals surface area contributed by atoms with Crippen molar-refractivity contribution in [2.45, 2.75) is 13.3 Å². The molecule has 0 aliphatic rings. The van der Waals surface area contributed by atoms with Crippen LogP contribution in [0.1, 0.15) is 27.9 Å². The number of hydrogen-bond donors (Lipinski definition) is 1. The van der Waals surface area contributed by atoms with Gasteiger partial charge in [-0.3, -0.25) is 9.59 Å². The van der Waals surface area contributed by atoms with Crippen LogP contribution in [0.25, 0.3) is 0 Å². The molecule has 1 N–H and O–H groups in total. The van der Waals surface area contributed by atoms with Crippen LogP contribution in [-0.4, -0.2) is 17.4 Å². The third-order valence-corrected chi connectivity index (χ3v) is 1.80. The quantitative estimate of drug-likeness (QED) is 0.585. The number of carbonyl (C=O) groups excluding carboxylic acids is 1. The number of aldehydes is 1. The van der Waals surface area contributed by atoms with Gasteiger partial charge in [0.25, 0.3) is 0 Å². The maximum atomic E-state index is 10.7. The lowest BCUT2D eigenvalue weighted by atomic mass is 10.1. The van der Waals surface area contributed by atoms with Crippen molar-refractivity contribution >= 4 is 12.3 Å². The molecule has 0 saturated heterocycles. The van der Waals surface area contributed by atoms with E-state index >= 15 is 0 Å². The third kappa shape index (κ3) is 3.28. The Labute approximate surface area is 87.7 Å². The minimum absolute atomic E-state index is 0.216. The van der Waals surface area contributed by atoms with Crippen LogP contribution in [0.3, 0.4) is 0 Å². The molecular weight excluding hydrogens is 192 g/mol. The largest absolute Gasteiger partial charge is 0.481 e. The van der Waals surface area contributed by atoms with Crippen molar-refractivity contribution in [3.63, 3.8) is 0 Å². The van der Waals surface area contributed by atoms with Gasteiger partial charge >= 0.3 is 5.97 Å². The first-order chi connectivity index (χ1) is 7.13. The number of aryl methyl sites for hydroxylation is 1. The van der Waals surface area contributed by atoms with Crippen molar-refractivity contribution in [3.8, 4) is 11.8 Å². The lowest BCUT2D eigenvalue weighted by molar-refractivity contribution is -0.135. The van der Waals surface area contributed by atoms with Gasteiger partial charge in [0.1, 0.15) is 6.42 Å². The normalized spacial score (nSPS) is 8.87. The molecule has 0 fully saturated rings. The molecule has 1 aromatic carbocycles. The van der Waals surface area contributed by atoms with Crippen molar-refractivity contribution in [3.05, 3.63) is 34.9 Å². The van der Waals surface area contributed by atoms with Crippen molar-refractivity contribution in [2.24, 2.45) is 0 Å². The highest BCUT2D eigenvalue weighted by Crippen LogP contribution is 2.08. The maximum absolute atomic E-state index is 10.7. The zero-order valence-electron chi connectivity index (χ0n) is 8.28. The smallest absolute Gasteiger partial charge is 0.315 e. The third-order valence-electron chi connectivity index (χ3n) is 1.80. The summed E-state index contributed by atoms with van der Waals surface area (Å²) in [4.78, 5) is 20.9. The number of hydrogen-bond acceptors (Lipinski definition) is 2. The van der Waals surface area contributed by atoms with E-state index < -0.39 is 5.97 Å². The Hall–Kier alpha value is -2.08. The van der Waals surface area contributed by atoms with Crippen LogP contribution in [-0.2, 0) is 4.79 Å². The molecule has 0 bridgehead atoms. The molecule has 0 saturated carbocycles. The van der Waals surface area contributed by atoms with Crippen LogP contribution in [0, 0.1) is 18.8 Å². The molecule has 76 valence electrons. The highest BCUT2D eigenvalue weighted by Gasteiger charge is 1.98. The van der Waals surface area contributed by atoms with Crippen LogP contribution in [0.2, 0.25) is 0 Å². The zero-order valence-corrected chi connectivity index (χ0v) is 8.28. The van der Waals surface area contributed by atoms with Gasteiger partial charge in [0.15, 0.2) is 6.29 Å². The highest BCUT2D eigenvalue weighted by atomic mass is 16.4. The lowest BCUT2D eigenvalue weighted by Crippen LogP contribution is -1.92. The average molecular weight is 202 g/mol. The van der Waals surface area contributed by atoms with Crippen molar-refractivity contribution in [1.82, 2.24) is 0 Å². The molecular formula is C12H10O3. The second-order valence-electron chi connectivity index (χ2n) is 3.08. The minimum atomic E-state index is -0.970. The zero-order chi connectivity index (χ0) is 11.3. The molecule has 15 heavy (non-hydrogen) atoms. The fourth-order valence-corrected chi connectivity index (χ4v) is 1.11. The van der Waals surface area contributed by atoms with Gasteiger partial charge in [0, 0.05) is 11.1 Å². The summed E-state index contributed by atoms with van der Waals surface area (Å²) in [6, 6.07) is 5.27. The number of carboxylic acid groups (broad SMARTS) is 1. The van der Waals surface area contributed by atoms with Crippen molar-refractivity contribution in [2.75, 3.05) is 0 Å². The molecule has 0 radical (unpaired) electrons. The Kier molecular flexibility index (Phi) is 3.64. The van der Waals surface area contributed by atoms with Gasteiger partial charge in [0.05, 0.1) is 0 Å². The second kappa shape index (κ2) is 4.97. The standard InChI is InChI=1S/C12H10O3/c1-9-5-6-10(11(7-9)8-13)3-2-4-12(14)15/h5-8H,4H2,1H3,(H,14,15). The molecule has 3 heteroatoms. The van der Waals surface area contributed by atoms with Crippen LogP contribution in [0.5, 0.6) is 0 Å². The number of rotatable bonds is 2. The van der Waals surface area contributed by atoms with Gasteiger partial charge in [-0.05, 0) is 19.1 Å². The summed E-state index contributed by atoms with van der Waals surface area (Å²) >= 11 is 0. The number of aliphatic carboxylic acids is 1. The molecule has 1 rings (SSSR count). The Morgan fingerprint density at radius 2 is 2.27 bits per heavy atom. The van der Waals surface area contributed by atoms with Crippen molar-refractivity contribution in [1.29, 1.82) is 0 Å². The monoisotopic (exact) mass is 202 g/mol. The van der Waals surface area contributed by atoms with Gasteiger partial charge in [-0.15, -0.1) is 0 Å². The van der Waals surface area contributed by atoms with Crippen LogP contribution >= 0.6 is 0 Å². The molecule has 0 atom stereocenters. The predicted octanol–water partition coefficient (Wildman–Crippen LogP) is 1.63. The Balaban J connectivity index is 2.97. The van der Waals surface area contributed by atoms with Crippen LogP contribution in [0.4, 0.5) is 0 Å². The van der Waals surface area contributed by atoms with E-state index in [9.17, 15) is 9.59 Å². The van der Waals surface area contributed by atoms with E-state index in [-0.39, 0.29) is 6.42 Å². The molecule has 1 aromatic rings. The lowest BCUT2D eigenvalue weighted by Gasteiger charge is -1.97. The molecule has 0 aliphatic carbocycles. The van der Waals surface area contributed by atoms with Gasteiger partial charge < -0.3 is 5.11 Å². The van der Waals surface area contributed by atoms with Crippen molar-refractivity contribution < 1.29 is 14.7 Å². The fraction of sp³-hybridized carbons (Fsp3) is 0.167. The summed E-state index contributed by atoms with van der Waals surface area (Å²) in [5, 5.41) is 8.39. The summed E-state index contributed by atoms with van der Waals surface area (Å²) in [5.74, 6) is 4.18. The van der Waals surface area contributed by atoms with E-state index in [1.54, 1.807) is 12.1 Å². The molecule has 0 aromatic heterocycles. The molecule has 0 amide bonds. The summed E-state index contributed by atoms with van der Waals surface area (Å²) in [6.45, 7) is 1.88. The van der Waals surface area contributed by atoms with Gasteiger partial charge in [-0.1, -0.05) is 23.5 Å². The second-order valence-corrected chi connectivity index (χ2v) is 3.08. The minimum Gasteiger partial charge on any atom is -0.481 e. The molecule has 0 spiro atoms. The van der Waals surface area contributed by atoms with E-state index in [4.69, 9.17) is 5.11 Å². The van der Waals surface area contributed by atoms with E-state index in [2.05, 4.69) is 11.8 Å². The number of carbonyl (C=O) groups is 2. The average Bonchev–Trinajstić information content (AvgIpc) is 2.19. The van der Waals surface area contributed by atoms with Crippen LogP contribution in [0.15, 0.2) is 18.2 Å². The fourth-order valence-electron chi connectivity index (χ4n) is 1.11. The van der Waals surface area contributed by atoms with E-state index in [1.807, 2.05) is 13.0 Å². The summed E-state index contributed by atoms with van der Waals surface area (Å²) < 4.78 is 0. The first-order valence-electron chi connectivity index (χ1n) is 4.40. The highest BCUT2D eigenvalue weighted by molar-refractivity contribution is 5.80. The molecule has 0 unspecified atom stereocenters. The van der Waals surface area contributed by atoms with E-state index in [1.165, 1.54) is 0 Å². The first-order valence-corrected chi connectivity index (χ1v) is 4.40.